The van der Waals surface area contributed by atoms with Gasteiger partial charge in [0.05, 0.1) is 5.69 Å². The normalized spacial score (nSPS) is 16.3. The van der Waals surface area contributed by atoms with E-state index in [1.165, 1.54) is 30.6 Å². The Morgan fingerprint density at radius 1 is 1.00 bits per heavy atom. The molecule has 31 heavy (non-hydrogen) atoms. The van der Waals surface area contributed by atoms with Gasteiger partial charge in [0.25, 0.3) is 0 Å². The summed E-state index contributed by atoms with van der Waals surface area (Å²) in [4.78, 5) is 9.34. The molecule has 7 heteroatoms. The average molecular weight is 427 g/mol. The van der Waals surface area contributed by atoms with Gasteiger partial charge in [-0.3, -0.25) is 9.89 Å². The van der Waals surface area contributed by atoms with Crippen molar-refractivity contribution in [3.05, 3.63) is 52.4 Å². The number of nitrogens with zero attached hydrogens (tertiary/aromatic N) is 4. The highest BCUT2D eigenvalue weighted by Crippen LogP contribution is 2.15. The van der Waals surface area contributed by atoms with Crippen LogP contribution in [0, 0.1) is 0 Å². The highest BCUT2D eigenvalue weighted by molar-refractivity contribution is 5.79. The molecule has 1 aliphatic heterocycles. The third-order valence-corrected chi connectivity index (χ3v) is 5.96. The maximum atomic E-state index is 5.45. The zero-order chi connectivity index (χ0) is 22.1. The Balaban J connectivity index is 1.48. The van der Waals surface area contributed by atoms with Gasteiger partial charge in [0.2, 0.25) is 0 Å². The lowest BCUT2D eigenvalue weighted by atomic mass is 10.1. The number of aryl methyl sites for hydroxylation is 2. The van der Waals surface area contributed by atoms with Crippen LogP contribution in [-0.2, 0) is 32.5 Å². The fraction of sp³-hybridized carbons (Fsp3) is 0.583. The zero-order valence-electron chi connectivity index (χ0n) is 19.6. The van der Waals surface area contributed by atoms with Crippen LogP contribution in [0.25, 0.3) is 0 Å². The van der Waals surface area contributed by atoms with Crippen LogP contribution in [-0.4, -0.2) is 61.2 Å². The van der Waals surface area contributed by atoms with Gasteiger partial charge in [0.15, 0.2) is 5.96 Å². The van der Waals surface area contributed by atoms with E-state index in [9.17, 15) is 0 Å². The summed E-state index contributed by atoms with van der Waals surface area (Å²) in [5, 5.41) is 11.0. The summed E-state index contributed by atoms with van der Waals surface area (Å²) in [7, 11) is 4.01. The maximum Gasteiger partial charge on any atom is 0.191 e. The minimum atomic E-state index is 0.666. The topological polar surface area (TPSA) is 68.9 Å². The van der Waals surface area contributed by atoms with E-state index in [4.69, 9.17) is 4.52 Å². The summed E-state index contributed by atoms with van der Waals surface area (Å²) in [6.45, 7) is 11.3. The molecule has 0 atom stereocenters. The van der Waals surface area contributed by atoms with Crippen LogP contribution in [0.15, 0.2) is 33.8 Å². The van der Waals surface area contributed by atoms with Crippen LogP contribution in [0.2, 0.25) is 0 Å². The van der Waals surface area contributed by atoms with Crippen LogP contribution in [0.3, 0.4) is 0 Å². The Labute approximate surface area is 186 Å². The number of nitrogens with one attached hydrogen (secondary N) is 2. The molecule has 0 radical (unpaired) electrons. The maximum absolute atomic E-state index is 5.45. The number of likely N-dealkylation sites (N-methyl/N-ethyl adjacent to an activating group) is 1. The average Bonchev–Trinajstić information content (AvgIpc) is 3.08. The lowest BCUT2D eigenvalue weighted by Gasteiger charge is -2.20. The van der Waals surface area contributed by atoms with E-state index in [0.717, 1.165) is 62.0 Å². The van der Waals surface area contributed by atoms with Crippen LogP contribution in [0.5, 0.6) is 0 Å². The summed E-state index contributed by atoms with van der Waals surface area (Å²) >= 11 is 0. The van der Waals surface area contributed by atoms with Crippen molar-refractivity contribution in [2.24, 2.45) is 4.99 Å². The Hall–Kier alpha value is -2.38. The monoisotopic (exact) mass is 426 g/mol. The summed E-state index contributed by atoms with van der Waals surface area (Å²) in [6, 6.07) is 8.92. The second-order valence-electron chi connectivity index (χ2n) is 8.27. The fourth-order valence-electron chi connectivity index (χ4n) is 4.00. The minimum absolute atomic E-state index is 0.666. The van der Waals surface area contributed by atoms with E-state index in [2.05, 4.69) is 75.7 Å². The highest BCUT2D eigenvalue weighted by Gasteiger charge is 2.14. The van der Waals surface area contributed by atoms with Gasteiger partial charge in [0.1, 0.15) is 5.76 Å². The predicted molar refractivity (Wildman–Crippen MR) is 126 cm³/mol. The molecule has 0 unspecified atom stereocenters. The number of hydrogen-bond acceptors (Lipinski definition) is 5. The van der Waals surface area contributed by atoms with Crippen LogP contribution in [0.1, 0.15) is 48.4 Å². The first-order valence-electron chi connectivity index (χ1n) is 11.5. The third-order valence-electron chi connectivity index (χ3n) is 5.96. The van der Waals surface area contributed by atoms with Crippen molar-refractivity contribution in [3.8, 4) is 0 Å². The first kappa shape index (κ1) is 23.3. The standard InChI is InChI=1S/C24H38N6O/c1-5-22-21(23(6-2)31-28-22)17-27-24(25-3)26-16-19-8-10-20(11-9-19)18-30-13-7-12-29(4)14-15-30/h8-11H,5-7,12-18H2,1-4H3,(H2,25,26,27). The molecule has 7 nitrogen and oxygen atoms in total. The lowest BCUT2D eigenvalue weighted by Crippen LogP contribution is -2.36. The van der Waals surface area contributed by atoms with E-state index in [0.29, 0.717) is 6.54 Å². The van der Waals surface area contributed by atoms with Gasteiger partial charge in [-0.2, -0.15) is 0 Å². The van der Waals surface area contributed by atoms with Crippen molar-refractivity contribution in [1.29, 1.82) is 0 Å². The van der Waals surface area contributed by atoms with Crippen molar-refractivity contribution in [2.75, 3.05) is 40.3 Å². The molecular formula is C24H38N6O. The van der Waals surface area contributed by atoms with E-state index >= 15 is 0 Å². The molecule has 1 fully saturated rings. The van der Waals surface area contributed by atoms with Crippen molar-refractivity contribution in [2.45, 2.75) is 52.7 Å². The summed E-state index contributed by atoms with van der Waals surface area (Å²) in [5.41, 5.74) is 4.79. The van der Waals surface area contributed by atoms with Crippen molar-refractivity contribution in [1.82, 2.24) is 25.6 Å². The molecule has 0 spiro atoms. The van der Waals surface area contributed by atoms with Crippen LogP contribution >= 0.6 is 0 Å². The second kappa shape index (κ2) is 11.9. The highest BCUT2D eigenvalue weighted by atomic mass is 16.5. The molecule has 0 saturated carbocycles. The SMILES string of the molecule is CCc1noc(CC)c1CNC(=NC)NCc1ccc(CN2CCCN(C)CC2)cc1. The third kappa shape index (κ3) is 6.80. The molecule has 2 heterocycles. The Kier molecular flexibility index (Phi) is 8.91. The summed E-state index contributed by atoms with van der Waals surface area (Å²) in [6.07, 6.45) is 2.96. The lowest BCUT2D eigenvalue weighted by molar-refractivity contribution is 0.269. The van der Waals surface area contributed by atoms with E-state index in [1.807, 2.05) is 0 Å². The molecular weight excluding hydrogens is 388 g/mol. The summed E-state index contributed by atoms with van der Waals surface area (Å²) in [5.74, 6) is 1.73. The quantitative estimate of drug-likeness (QED) is 0.500. The molecule has 1 saturated heterocycles. The smallest absolute Gasteiger partial charge is 0.191 e. The molecule has 0 bridgehead atoms. The van der Waals surface area contributed by atoms with Crippen molar-refractivity contribution < 1.29 is 4.52 Å². The van der Waals surface area contributed by atoms with Gasteiger partial charge in [-0.15, -0.1) is 0 Å². The van der Waals surface area contributed by atoms with Gasteiger partial charge in [-0.05, 0) is 44.1 Å². The molecule has 2 N–H and O–H groups in total. The molecule has 0 amide bonds. The largest absolute Gasteiger partial charge is 0.361 e. The molecule has 1 aliphatic rings. The van der Waals surface area contributed by atoms with E-state index in [1.54, 1.807) is 7.05 Å². The van der Waals surface area contributed by atoms with Gasteiger partial charge in [-0.25, -0.2) is 0 Å². The van der Waals surface area contributed by atoms with Crippen molar-refractivity contribution in [3.63, 3.8) is 0 Å². The van der Waals surface area contributed by atoms with Gasteiger partial charge in [-0.1, -0.05) is 43.3 Å². The Morgan fingerprint density at radius 2 is 1.74 bits per heavy atom. The van der Waals surface area contributed by atoms with Gasteiger partial charge in [0, 0.05) is 51.8 Å². The van der Waals surface area contributed by atoms with Crippen LogP contribution in [0.4, 0.5) is 0 Å². The number of aliphatic imine (C=N–C) groups is 1. The summed E-state index contributed by atoms with van der Waals surface area (Å²) < 4.78 is 5.45. The molecule has 1 aromatic heterocycles. The first-order chi connectivity index (χ1) is 15.1. The Bertz CT molecular complexity index is 808. The number of benzene rings is 1. The number of hydrogen-bond donors (Lipinski definition) is 2. The predicted octanol–water partition coefficient (Wildman–Crippen LogP) is 2.80. The van der Waals surface area contributed by atoms with E-state index < -0.39 is 0 Å². The second-order valence-corrected chi connectivity index (χ2v) is 8.27. The molecule has 1 aromatic carbocycles. The number of aromatic nitrogens is 1. The van der Waals surface area contributed by atoms with Gasteiger partial charge >= 0.3 is 0 Å². The van der Waals surface area contributed by atoms with Gasteiger partial charge < -0.3 is 20.1 Å². The molecule has 2 aromatic rings. The Morgan fingerprint density at radius 3 is 2.45 bits per heavy atom. The molecule has 170 valence electrons. The van der Waals surface area contributed by atoms with Crippen molar-refractivity contribution >= 4 is 5.96 Å². The minimum Gasteiger partial charge on any atom is -0.361 e. The number of guanidine groups is 1. The van der Waals surface area contributed by atoms with Crippen LogP contribution < -0.4 is 10.6 Å². The zero-order valence-corrected chi connectivity index (χ0v) is 19.6. The number of rotatable bonds is 8. The molecule has 3 rings (SSSR count). The van der Waals surface area contributed by atoms with E-state index in [-0.39, 0.29) is 0 Å². The molecule has 0 aliphatic carbocycles. The first-order valence-corrected chi connectivity index (χ1v) is 11.5. The fourth-order valence-corrected chi connectivity index (χ4v) is 4.00.